The fraction of sp³-hybridized carbons (Fsp3) is 0.235. The van der Waals surface area contributed by atoms with E-state index in [1.807, 2.05) is 0 Å². The van der Waals surface area contributed by atoms with Gasteiger partial charge in [0.1, 0.15) is 10.6 Å². The van der Waals surface area contributed by atoms with E-state index in [0.717, 1.165) is 30.4 Å². The molecule has 0 atom stereocenters. The van der Waals surface area contributed by atoms with Crippen LogP contribution in [0.15, 0.2) is 27.5 Å². The van der Waals surface area contributed by atoms with Crippen LogP contribution in [0.2, 0.25) is 0 Å². The van der Waals surface area contributed by atoms with Crippen LogP contribution < -0.4 is 11.3 Å². The molecule has 0 amide bonds. The Labute approximate surface area is 160 Å². The average Bonchev–Trinajstić information content (AvgIpc) is 3.18. The molecule has 9 heteroatoms. The van der Waals surface area contributed by atoms with Gasteiger partial charge in [0.25, 0.3) is 5.56 Å². The van der Waals surface area contributed by atoms with Crippen molar-refractivity contribution in [3.63, 3.8) is 0 Å². The van der Waals surface area contributed by atoms with Gasteiger partial charge in [-0.2, -0.15) is 0 Å². The topological polar surface area (TPSA) is 129 Å². The number of thiophene rings is 1. The molecule has 4 rings (SSSR count). The van der Waals surface area contributed by atoms with Gasteiger partial charge < -0.3 is 20.9 Å². The number of fused-ring (bicyclic) bond motifs is 3. The highest BCUT2D eigenvalue weighted by atomic mass is 79.9. The SMILES string of the molecule is NCc1ccc(O)c(Br)c1.O=C(O)c1nc2sc3c(c2c(=O)[nH]1)CCC3. The van der Waals surface area contributed by atoms with Crippen LogP contribution in [0.3, 0.4) is 0 Å². The van der Waals surface area contributed by atoms with Gasteiger partial charge in [0.15, 0.2) is 0 Å². The lowest BCUT2D eigenvalue weighted by Gasteiger charge is -1.98. The first-order valence-corrected chi connectivity index (χ1v) is 9.47. The van der Waals surface area contributed by atoms with Crippen molar-refractivity contribution >= 4 is 43.5 Å². The van der Waals surface area contributed by atoms with E-state index < -0.39 is 5.97 Å². The second-order valence-corrected chi connectivity index (χ2v) is 7.69. The molecule has 0 saturated carbocycles. The number of phenols is 1. The number of rotatable bonds is 2. The number of carboxylic acid groups (broad SMARTS) is 1. The summed E-state index contributed by atoms with van der Waals surface area (Å²) >= 11 is 4.62. The van der Waals surface area contributed by atoms with Crippen molar-refractivity contribution in [2.24, 2.45) is 5.73 Å². The standard InChI is InChI=1S/C10H8N2O3S.C7H8BrNO/c13-8-6-4-2-1-3-5(4)16-9(6)12-7(11-8)10(14)15;8-6-3-5(4-9)1-2-7(6)10/h1-3H2,(H,14,15)(H,11,12,13);1-3,10H,4,9H2. The van der Waals surface area contributed by atoms with Crippen molar-refractivity contribution < 1.29 is 15.0 Å². The van der Waals surface area contributed by atoms with Crippen LogP contribution >= 0.6 is 27.3 Å². The van der Waals surface area contributed by atoms with Crippen LogP contribution in [-0.4, -0.2) is 26.2 Å². The highest BCUT2D eigenvalue weighted by molar-refractivity contribution is 9.10. The number of hydrogen-bond acceptors (Lipinski definition) is 6. The normalized spacial score (nSPS) is 12.5. The number of phenolic OH excluding ortho intramolecular Hbond substituents is 1. The molecule has 26 heavy (non-hydrogen) atoms. The number of H-pyrrole nitrogens is 1. The first-order valence-electron chi connectivity index (χ1n) is 7.86. The molecule has 0 bridgehead atoms. The van der Waals surface area contributed by atoms with Crippen LogP contribution in [0.1, 0.15) is 33.0 Å². The fourth-order valence-electron chi connectivity index (χ4n) is 2.78. The monoisotopic (exact) mass is 437 g/mol. The van der Waals surface area contributed by atoms with Crippen LogP contribution in [0.5, 0.6) is 5.75 Å². The van der Waals surface area contributed by atoms with Crippen LogP contribution in [0.4, 0.5) is 0 Å². The number of aromatic amines is 1. The molecule has 0 fully saturated rings. The maximum Gasteiger partial charge on any atom is 0.372 e. The summed E-state index contributed by atoms with van der Waals surface area (Å²) in [4.78, 5) is 30.5. The van der Waals surface area contributed by atoms with Crippen molar-refractivity contribution in [1.82, 2.24) is 9.97 Å². The number of aryl methyl sites for hydroxylation is 2. The minimum atomic E-state index is -1.20. The van der Waals surface area contributed by atoms with E-state index in [-0.39, 0.29) is 17.1 Å². The van der Waals surface area contributed by atoms with Gasteiger partial charge in [-0.15, -0.1) is 11.3 Å². The number of carbonyl (C=O) groups is 1. The lowest BCUT2D eigenvalue weighted by atomic mass is 10.2. The lowest BCUT2D eigenvalue weighted by molar-refractivity contribution is 0.0683. The number of aromatic carboxylic acids is 1. The molecule has 136 valence electrons. The number of carboxylic acids is 1. The zero-order valence-electron chi connectivity index (χ0n) is 13.6. The predicted molar refractivity (Wildman–Crippen MR) is 103 cm³/mol. The summed E-state index contributed by atoms with van der Waals surface area (Å²) in [6, 6.07) is 5.21. The van der Waals surface area contributed by atoms with E-state index in [2.05, 4.69) is 25.9 Å². The number of benzene rings is 1. The number of nitrogens with two attached hydrogens (primary N) is 1. The molecule has 3 aromatic rings. The molecule has 1 aliphatic rings. The Bertz CT molecular complexity index is 1040. The summed E-state index contributed by atoms with van der Waals surface area (Å²) in [6.45, 7) is 0.499. The summed E-state index contributed by atoms with van der Waals surface area (Å²) in [7, 11) is 0. The van der Waals surface area contributed by atoms with Gasteiger partial charge in [-0.1, -0.05) is 6.07 Å². The number of nitrogens with one attached hydrogen (secondary N) is 1. The fourth-order valence-corrected chi connectivity index (χ4v) is 4.47. The molecule has 5 N–H and O–H groups in total. The molecule has 1 aliphatic carbocycles. The van der Waals surface area contributed by atoms with E-state index in [0.29, 0.717) is 21.2 Å². The Morgan fingerprint density at radius 1 is 1.38 bits per heavy atom. The molecular formula is C17H16BrN3O4S. The van der Waals surface area contributed by atoms with Crippen LogP contribution in [-0.2, 0) is 19.4 Å². The van der Waals surface area contributed by atoms with Gasteiger partial charge >= 0.3 is 5.97 Å². The van der Waals surface area contributed by atoms with Gasteiger partial charge in [-0.3, -0.25) is 4.79 Å². The second kappa shape index (κ2) is 7.56. The largest absolute Gasteiger partial charge is 0.507 e. The maximum absolute atomic E-state index is 11.8. The molecule has 2 aromatic heterocycles. The number of aromatic nitrogens is 2. The number of hydrogen-bond donors (Lipinski definition) is 4. The molecule has 2 heterocycles. The molecule has 0 spiro atoms. The smallest absolute Gasteiger partial charge is 0.372 e. The zero-order valence-corrected chi connectivity index (χ0v) is 16.0. The van der Waals surface area contributed by atoms with Crippen molar-refractivity contribution in [1.29, 1.82) is 0 Å². The maximum atomic E-state index is 11.8. The van der Waals surface area contributed by atoms with Crippen molar-refractivity contribution in [2.45, 2.75) is 25.8 Å². The number of nitrogens with zero attached hydrogens (tertiary/aromatic N) is 1. The van der Waals surface area contributed by atoms with Crippen LogP contribution in [0.25, 0.3) is 10.2 Å². The van der Waals surface area contributed by atoms with Crippen LogP contribution in [0, 0.1) is 0 Å². The van der Waals surface area contributed by atoms with Gasteiger partial charge in [0.2, 0.25) is 5.82 Å². The highest BCUT2D eigenvalue weighted by Gasteiger charge is 2.22. The zero-order chi connectivity index (χ0) is 18.8. The molecule has 1 aromatic carbocycles. The molecule has 0 radical (unpaired) electrons. The Morgan fingerprint density at radius 3 is 2.81 bits per heavy atom. The summed E-state index contributed by atoms with van der Waals surface area (Å²) in [5, 5.41) is 18.4. The Hall–Kier alpha value is -2.23. The predicted octanol–water partition coefficient (Wildman–Crippen LogP) is 2.78. The number of halogens is 1. The molecule has 7 nitrogen and oxygen atoms in total. The highest BCUT2D eigenvalue weighted by Crippen LogP contribution is 2.34. The molecule has 0 unspecified atom stereocenters. The average molecular weight is 438 g/mol. The van der Waals surface area contributed by atoms with Crippen molar-refractivity contribution in [3.8, 4) is 5.75 Å². The summed E-state index contributed by atoms with van der Waals surface area (Å²) < 4.78 is 0.690. The quantitative estimate of drug-likeness (QED) is 0.487. The minimum Gasteiger partial charge on any atom is -0.507 e. The van der Waals surface area contributed by atoms with E-state index in [1.165, 1.54) is 16.2 Å². The first kappa shape index (κ1) is 18.6. The molecular weight excluding hydrogens is 422 g/mol. The van der Waals surface area contributed by atoms with Crippen molar-refractivity contribution in [3.05, 3.63) is 54.9 Å². The van der Waals surface area contributed by atoms with Gasteiger partial charge in [0.05, 0.1) is 9.86 Å². The first-order chi connectivity index (χ1) is 12.4. The van der Waals surface area contributed by atoms with E-state index in [1.54, 1.807) is 18.2 Å². The van der Waals surface area contributed by atoms with Gasteiger partial charge in [-0.05, 0) is 58.5 Å². The molecule has 0 aliphatic heterocycles. The van der Waals surface area contributed by atoms with E-state index >= 15 is 0 Å². The second-order valence-electron chi connectivity index (χ2n) is 5.75. The van der Waals surface area contributed by atoms with Gasteiger partial charge in [0, 0.05) is 11.4 Å². The van der Waals surface area contributed by atoms with E-state index in [9.17, 15) is 9.59 Å². The summed E-state index contributed by atoms with van der Waals surface area (Å²) in [6.07, 6.45) is 2.93. The minimum absolute atomic E-state index is 0.247. The third-order valence-electron chi connectivity index (χ3n) is 4.03. The lowest BCUT2D eigenvalue weighted by Crippen LogP contribution is -2.15. The summed E-state index contributed by atoms with van der Waals surface area (Å²) in [5.74, 6) is -1.23. The molecule has 0 saturated heterocycles. The third-order valence-corrected chi connectivity index (χ3v) is 5.85. The summed E-state index contributed by atoms with van der Waals surface area (Å²) in [5.41, 5.74) is 7.10. The van der Waals surface area contributed by atoms with Crippen molar-refractivity contribution in [2.75, 3.05) is 0 Å². The Balaban J connectivity index is 0.000000170. The Morgan fingerprint density at radius 2 is 2.15 bits per heavy atom. The third kappa shape index (κ3) is 3.64. The van der Waals surface area contributed by atoms with E-state index in [4.69, 9.17) is 15.9 Å². The van der Waals surface area contributed by atoms with Gasteiger partial charge in [-0.25, -0.2) is 9.78 Å². The number of aromatic hydroxyl groups is 1. The Kier molecular flexibility index (Phi) is 5.40.